The summed E-state index contributed by atoms with van der Waals surface area (Å²) in [7, 11) is 0. The van der Waals surface area contributed by atoms with Gasteiger partial charge in [0.2, 0.25) is 5.91 Å². The van der Waals surface area contributed by atoms with Crippen LogP contribution >= 0.6 is 11.6 Å². The number of piperidine rings is 1. The molecule has 148 valence electrons. The first-order valence-electron chi connectivity index (χ1n) is 9.38. The number of pyridine rings is 1. The van der Waals surface area contributed by atoms with Crippen LogP contribution in [-0.4, -0.2) is 40.9 Å². The standard InChI is InChI=1S/C21H24ClN3O3/c1-14-7-5-11-19(23-14)24-20(26)16-8-6-12-25(13-16)21(27)15(2)28-18-10-4-3-9-17(18)22/h3-5,7,9-11,15-16H,6,8,12-13H2,1-2H3,(H,23,24,26). The molecule has 3 rings (SSSR count). The Kier molecular flexibility index (Phi) is 6.52. The number of carbonyl (C=O) groups excluding carboxylic acids is 2. The predicted octanol–water partition coefficient (Wildman–Crippen LogP) is 3.69. The van der Waals surface area contributed by atoms with E-state index in [1.807, 2.05) is 19.1 Å². The van der Waals surface area contributed by atoms with E-state index in [2.05, 4.69) is 10.3 Å². The summed E-state index contributed by atoms with van der Waals surface area (Å²) in [5.74, 6) is 0.472. The minimum atomic E-state index is -0.680. The van der Waals surface area contributed by atoms with Crippen LogP contribution in [0.3, 0.4) is 0 Å². The van der Waals surface area contributed by atoms with Gasteiger partial charge in [0.25, 0.3) is 5.91 Å². The predicted molar refractivity (Wildman–Crippen MR) is 108 cm³/mol. The van der Waals surface area contributed by atoms with Crippen molar-refractivity contribution < 1.29 is 14.3 Å². The van der Waals surface area contributed by atoms with Crippen molar-refractivity contribution in [3.8, 4) is 5.75 Å². The number of aryl methyl sites for hydroxylation is 1. The molecule has 2 amide bonds. The van der Waals surface area contributed by atoms with Gasteiger partial charge in [0.05, 0.1) is 10.9 Å². The Morgan fingerprint density at radius 2 is 2.04 bits per heavy atom. The van der Waals surface area contributed by atoms with Gasteiger partial charge in [-0.3, -0.25) is 9.59 Å². The summed E-state index contributed by atoms with van der Waals surface area (Å²) in [6.07, 6.45) is 0.825. The van der Waals surface area contributed by atoms with Crippen molar-refractivity contribution in [2.75, 3.05) is 18.4 Å². The molecule has 1 saturated heterocycles. The molecule has 7 heteroatoms. The van der Waals surface area contributed by atoms with Crippen LogP contribution < -0.4 is 10.1 Å². The summed E-state index contributed by atoms with van der Waals surface area (Å²) in [6.45, 7) is 4.55. The highest BCUT2D eigenvalue weighted by molar-refractivity contribution is 6.32. The number of anilines is 1. The third-order valence-electron chi connectivity index (χ3n) is 4.73. The molecule has 1 aromatic carbocycles. The largest absolute Gasteiger partial charge is 0.479 e. The highest BCUT2D eigenvalue weighted by Crippen LogP contribution is 2.25. The molecule has 2 unspecified atom stereocenters. The quantitative estimate of drug-likeness (QED) is 0.829. The first-order chi connectivity index (χ1) is 13.4. The van der Waals surface area contributed by atoms with Crippen LogP contribution in [0.1, 0.15) is 25.5 Å². The highest BCUT2D eigenvalue weighted by atomic mass is 35.5. The van der Waals surface area contributed by atoms with Crippen LogP contribution in [0.15, 0.2) is 42.5 Å². The van der Waals surface area contributed by atoms with Crippen molar-refractivity contribution >= 4 is 29.2 Å². The maximum Gasteiger partial charge on any atom is 0.263 e. The van der Waals surface area contributed by atoms with Crippen LogP contribution in [0.4, 0.5) is 5.82 Å². The third kappa shape index (κ3) is 5.01. The number of likely N-dealkylation sites (tertiary alicyclic amines) is 1. The number of aromatic nitrogens is 1. The van der Waals surface area contributed by atoms with Crippen molar-refractivity contribution in [2.24, 2.45) is 5.92 Å². The molecule has 2 atom stereocenters. The van der Waals surface area contributed by atoms with Gasteiger partial charge in [-0.2, -0.15) is 0 Å². The molecule has 0 radical (unpaired) electrons. The lowest BCUT2D eigenvalue weighted by Gasteiger charge is -2.33. The molecule has 1 fully saturated rings. The Hall–Kier alpha value is -2.60. The molecule has 0 saturated carbocycles. The van der Waals surface area contributed by atoms with Crippen molar-refractivity contribution in [2.45, 2.75) is 32.8 Å². The number of para-hydroxylation sites is 1. The van der Waals surface area contributed by atoms with E-state index in [9.17, 15) is 9.59 Å². The molecule has 6 nitrogen and oxygen atoms in total. The van der Waals surface area contributed by atoms with Crippen LogP contribution in [-0.2, 0) is 9.59 Å². The summed E-state index contributed by atoms with van der Waals surface area (Å²) in [6, 6.07) is 12.5. The molecule has 1 N–H and O–H groups in total. The van der Waals surface area contributed by atoms with E-state index in [4.69, 9.17) is 16.3 Å². The van der Waals surface area contributed by atoms with Gasteiger partial charge in [0, 0.05) is 18.8 Å². The highest BCUT2D eigenvalue weighted by Gasteiger charge is 2.31. The number of amides is 2. The van der Waals surface area contributed by atoms with E-state index in [-0.39, 0.29) is 17.7 Å². The van der Waals surface area contributed by atoms with E-state index in [0.29, 0.717) is 29.7 Å². The molecule has 0 bridgehead atoms. The Balaban J connectivity index is 1.59. The summed E-state index contributed by atoms with van der Waals surface area (Å²) in [4.78, 5) is 31.4. The Labute approximate surface area is 169 Å². The van der Waals surface area contributed by atoms with Crippen LogP contribution in [0, 0.1) is 12.8 Å². The molecule has 1 aliphatic heterocycles. The van der Waals surface area contributed by atoms with E-state index >= 15 is 0 Å². The zero-order valence-corrected chi connectivity index (χ0v) is 16.8. The maximum absolute atomic E-state index is 12.8. The normalized spacial score (nSPS) is 17.7. The Bertz CT molecular complexity index is 858. The SMILES string of the molecule is Cc1cccc(NC(=O)C2CCCN(C(=O)C(C)Oc3ccccc3Cl)C2)n1. The van der Waals surface area contributed by atoms with Crippen LogP contribution in [0.25, 0.3) is 0 Å². The number of hydrogen-bond acceptors (Lipinski definition) is 4. The summed E-state index contributed by atoms with van der Waals surface area (Å²) in [5, 5.41) is 3.31. The van der Waals surface area contributed by atoms with Gasteiger partial charge in [-0.1, -0.05) is 29.8 Å². The molecule has 0 spiro atoms. The fraction of sp³-hybridized carbons (Fsp3) is 0.381. The van der Waals surface area contributed by atoms with E-state index in [1.54, 1.807) is 42.2 Å². The summed E-state index contributed by atoms with van der Waals surface area (Å²) < 4.78 is 5.73. The van der Waals surface area contributed by atoms with E-state index in [0.717, 1.165) is 18.5 Å². The molecule has 28 heavy (non-hydrogen) atoms. The van der Waals surface area contributed by atoms with Gasteiger partial charge < -0.3 is 15.0 Å². The molecular weight excluding hydrogens is 378 g/mol. The number of benzene rings is 1. The number of nitrogens with one attached hydrogen (secondary N) is 1. The lowest BCUT2D eigenvalue weighted by Crippen LogP contribution is -2.48. The zero-order chi connectivity index (χ0) is 20.1. The monoisotopic (exact) mass is 401 g/mol. The van der Waals surface area contributed by atoms with Gasteiger partial charge in [-0.25, -0.2) is 4.98 Å². The average Bonchev–Trinajstić information content (AvgIpc) is 2.69. The first kappa shape index (κ1) is 20.1. The maximum atomic E-state index is 12.8. The Morgan fingerprint density at radius 3 is 2.79 bits per heavy atom. The number of carbonyl (C=O) groups is 2. The fourth-order valence-corrected chi connectivity index (χ4v) is 3.45. The smallest absolute Gasteiger partial charge is 0.263 e. The molecule has 1 aromatic heterocycles. The minimum Gasteiger partial charge on any atom is -0.479 e. The van der Waals surface area contributed by atoms with Crippen molar-refractivity contribution in [1.82, 2.24) is 9.88 Å². The number of nitrogens with zero attached hydrogens (tertiary/aromatic N) is 2. The molecular formula is C21H24ClN3O3. The number of rotatable bonds is 5. The van der Waals surface area contributed by atoms with Crippen molar-refractivity contribution in [3.05, 3.63) is 53.2 Å². The second kappa shape index (κ2) is 9.06. The molecule has 2 aromatic rings. The van der Waals surface area contributed by atoms with Gasteiger partial charge in [-0.05, 0) is 51.0 Å². The molecule has 0 aliphatic carbocycles. The molecule has 1 aliphatic rings. The second-order valence-electron chi connectivity index (χ2n) is 6.97. The average molecular weight is 402 g/mol. The second-order valence-corrected chi connectivity index (χ2v) is 7.37. The zero-order valence-electron chi connectivity index (χ0n) is 16.0. The first-order valence-corrected chi connectivity index (χ1v) is 9.76. The van der Waals surface area contributed by atoms with Crippen LogP contribution in [0.2, 0.25) is 5.02 Å². The van der Waals surface area contributed by atoms with E-state index < -0.39 is 6.10 Å². The number of hydrogen-bond donors (Lipinski definition) is 1. The third-order valence-corrected chi connectivity index (χ3v) is 5.04. The van der Waals surface area contributed by atoms with Gasteiger partial charge >= 0.3 is 0 Å². The lowest BCUT2D eigenvalue weighted by atomic mass is 9.96. The van der Waals surface area contributed by atoms with Gasteiger partial charge in [-0.15, -0.1) is 0 Å². The molecule has 2 heterocycles. The number of halogens is 1. The minimum absolute atomic E-state index is 0.115. The Morgan fingerprint density at radius 1 is 1.25 bits per heavy atom. The van der Waals surface area contributed by atoms with Crippen molar-refractivity contribution in [3.63, 3.8) is 0 Å². The lowest BCUT2D eigenvalue weighted by molar-refractivity contribution is -0.140. The number of ether oxygens (including phenoxy) is 1. The van der Waals surface area contributed by atoms with Crippen LogP contribution in [0.5, 0.6) is 5.75 Å². The van der Waals surface area contributed by atoms with E-state index in [1.165, 1.54) is 0 Å². The summed E-state index contributed by atoms with van der Waals surface area (Å²) in [5.41, 5.74) is 0.837. The summed E-state index contributed by atoms with van der Waals surface area (Å²) >= 11 is 6.10. The van der Waals surface area contributed by atoms with Gasteiger partial charge in [0.1, 0.15) is 11.6 Å². The topological polar surface area (TPSA) is 71.5 Å². The fourth-order valence-electron chi connectivity index (χ4n) is 3.27. The van der Waals surface area contributed by atoms with Gasteiger partial charge in [0.15, 0.2) is 6.10 Å². The van der Waals surface area contributed by atoms with Crippen molar-refractivity contribution in [1.29, 1.82) is 0 Å².